The number of nitrogens with one attached hydrogen (secondary N) is 1. The number of hydrogen-bond donors (Lipinski definition) is 1. The van der Waals surface area contributed by atoms with E-state index in [0.29, 0.717) is 6.04 Å². The Kier molecular flexibility index (Phi) is 6.86. The number of hydrazone groups is 1. The van der Waals surface area contributed by atoms with Crippen LogP contribution in [0.1, 0.15) is 122 Å². The summed E-state index contributed by atoms with van der Waals surface area (Å²) in [7, 11) is 0. The molecule has 6 nitrogen and oxygen atoms in total. The lowest BCUT2D eigenvalue weighted by Crippen LogP contribution is -2.46. The lowest BCUT2D eigenvalue weighted by Gasteiger charge is -2.39. The number of hydrogen-bond acceptors (Lipinski definition) is 5. The van der Waals surface area contributed by atoms with E-state index in [4.69, 9.17) is 5.10 Å². The highest BCUT2D eigenvalue weighted by Gasteiger charge is 2.42. The number of nitrogens with zero attached hydrogens (tertiary/aromatic N) is 5. The summed E-state index contributed by atoms with van der Waals surface area (Å²) in [4.78, 5) is 0. The van der Waals surface area contributed by atoms with Crippen LogP contribution in [0.25, 0.3) is 0 Å². The van der Waals surface area contributed by atoms with Crippen molar-refractivity contribution in [1.29, 1.82) is 0 Å². The highest BCUT2D eigenvalue weighted by molar-refractivity contribution is 5.84. The molecule has 0 aliphatic heterocycles. The normalized spacial score (nSPS) is 31.6. The summed E-state index contributed by atoms with van der Waals surface area (Å²) in [6.45, 7) is 4.64. The summed E-state index contributed by atoms with van der Waals surface area (Å²) >= 11 is 0. The Morgan fingerprint density at radius 3 is 2.24 bits per heavy atom. The van der Waals surface area contributed by atoms with Crippen molar-refractivity contribution in [2.24, 2.45) is 16.9 Å². The molecule has 3 aliphatic carbocycles. The van der Waals surface area contributed by atoms with Gasteiger partial charge in [-0.25, -0.2) is 4.68 Å². The molecule has 0 bridgehead atoms. The van der Waals surface area contributed by atoms with Gasteiger partial charge in [-0.05, 0) is 86.5 Å². The van der Waals surface area contributed by atoms with Gasteiger partial charge in [0, 0.05) is 5.71 Å². The zero-order chi connectivity index (χ0) is 20.1. The van der Waals surface area contributed by atoms with Gasteiger partial charge in [0.15, 0.2) is 5.82 Å². The summed E-state index contributed by atoms with van der Waals surface area (Å²) < 4.78 is 2.17. The van der Waals surface area contributed by atoms with E-state index in [1.807, 2.05) is 0 Å². The molecular weight excluding hydrogens is 360 g/mol. The van der Waals surface area contributed by atoms with E-state index in [9.17, 15) is 0 Å². The van der Waals surface area contributed by atoms with Crippen LogP contribution >= 0.6 is 0 Å². The minimum absolute atomic E-state index is 0.193. The third-order valence-electron chi connectivity index (χ3n) is 8.07. The predicted octanol–water partition coefficient (Wildman–Crippen LogP) is 5.52. The minimum atomic E-state index is -0.193. The molecule has 0 saturated heterocycles. The van der Waals surface area contributed by atoms with Crippen LogP contribution in [0.15, 0.2) is 5.10 Å². The van der Waals surface area contributed by atoms with Crippen LogP contribution < -0.4 is 5.43 Å². The van der Waals surface area contributed by atoms with Gasteiger partial charge in [0.25, 0.3) is 0 Å². The van der Waals surface area contributed by atoms with Crippen LogP contribution in [0.2, 0.25) is 0 Å². The maximum Gasteiger partial charge on any atom is 0.178 e. The average molecular weight is 401 g/mol. The number of tetrazole rings is 1. The molecule has 1 aromatic rings. The molecule has 0 unspecified atom stereocenters. The van der Waals surface area contributed by atoms with Gasteiger partial charge in [0.1, 0.15) is 5.54 Å². The third kappa shape index (κ3) is 4.66. The number of aromatic nitrogens is 4. The molecule has 3 saturated carbocycles. The molecule has 1 aromatic heterocycles. The Bertz CT molecular complexity index is 657. The zero-order valence-corrected chi connectivity index (χ0v) is 18.6. The molecule has 3 aliphatic rings. The second-order valence-corrected chi connectivity index (χ2v) is 9.81. The zero-order valence-electron chi connectivity index (χ0n) is 18.6. The van der Waals surface area contributed by atoms with Crippen LogP contribution in [0.4, 0.5) is 0 Å². The Labute approximate surface area is 176 Å². The first-order valence-corrected chi connectivity index (χ1v) is 12.3. The molecular formula is C23H40N6. The van der Waals surface area contributed by atoms with Crippen LogP contribution in [0.5, 0.6) is 0 Å². The minimum Gasteiger partial charge on any atom is -0.296 e. The van der Waals surface area contributed by atoms with Gasteiger partial charge in [-0.1, -0.05) is 46.0 Å². The monoisotopic (exact) mass is 400 g/mol. The van der Waals surface area contributed by atoms with E-state index in [1.54, 1.807) is 0 Å². The van der Waals surface area contributed by atoms with Crippen molar-refractivity contribution >= 4 is 5.71 Å². The van der Waals surface area contributed by atoms with Gasteiger partial charge >= 0.3 is 0 Å². The van der Waals surface area contributed by atoms with Crippen molar-refractivity contribution in [1.82, 2.24) is 25.6 Å². The smallest absolute Gasteiger partial charge is 0.178 e. The molecule has 4 rings (SSSR count). The SMILES string of the molecule is CCC1CCC(=NNC2(c3nnnn3C3CCCCC3)CCC(CC)CC2)CC1. The number of rotatable bonds is 6. The molecule has 0 amide bonds. The van der Waals surface area contributed by atoms with E-state index in [2.05, 4.69) is 39.5 Å². The largest absolute Gasteiger partial charge is 0.296 e. The topological polar surface area (TPSA) is 68.0 Å². The maximum absolute atomic E-state index is 5.00. The summed E-state index contributed by atoms with van der Waals surface area (Å²) in [5, 5.41) is 18.2. The molecule has 0 atom stereocenters. The molecule has 1 heterocycles. The molecule has 0 spiro atoms. The Morgan fingerprint density at radius 2 is 1.59 bits per heavy atom. The van der Waals surface area contributed by atoms with Crippen molar-refractivity contribution in [2.45, 2.75) is 122 Å². The molecule has 29 heavy (non-hydrogen) atoms. The standard InChI is InChI=1S/C23H40N6/c1-3-18-10-12-20(13-11-18)24-26-23(16-14-19(4-2)15-17-23)22-25-27-28-29(22)21-8-6-5-7-9-21/h18-19,21,26H,3-17H2,1-2H3. The lowest BCUT2D eigenvalue weighted by molar-refractivity contribution is 0.163. The van der Waals surface area contributed by atoms with Gasteiger partial charge in [-0.3, -0.25) is 5.43 Å². The van der Waals surface area contributed by atoms with Crippen molar-refractivity contribution in [3.8, 4) is 0 Å². The van der Waals surface area contributed by atoms with Crippen LogP contribution in [0.3, 0.4) is 0 Å². The quantitative estimate of drug-likeness (QED) is 0.638. The van der Waals surface area contributed by atoms with E-state index >= 15 is 0 Å². The first-order chi connectivity index (χ1) is 14.2. The van der Waals surface area contributed by atoms with Crippen molar-refractivity contribution in [3.05, 3.63) is 5.82 Å². The molecule has 3 fully saturated rings. The lowest BCUT2D eigenvalue weighted by atomic mass is 9.75. The first-order valence-electron chi connectivity index (χ1n) is 12.3. The Hall–Kier alpha value is -1.46. The summed E-state index contributed by atoms with van der Waals surface area (Å²) in [5.74, 6) is 2.77. The summed E-state index contributed by atoms with van der Waals surface area (Å²) in [6, 6.07) is 0.462. The van der Waals surface area contributed by atoms with Gasteiger partial charge in [0.05, 0.1) is 6.04 Å². The fraction of sp³-hybridized carbons (Fsp3) is 0.913. The third-order valence-corrected chi connectivity index (χ3v) is 8.07. The van der Waals surface area contributed by atoms with E-state index in [1.165, 1.54) is 76.3 Å². The molecule has 1 N–H and O–H groups in total. The fourth-order valence-corrected chi connectivity index (χ4v) is 5.76. The Morgan fingerprint density at radius 1 is 0.931 bits per heavy atom. The van der Waals surface area contributed by atoms with Crippen LogP contribution in [-0.4, -0.2) is 25.9 Å². The second-order valence-electron chi connectivity index (χ2n) is 9.81. The van der Waals surface area contributed by atoms with Crippen molar-refractivity contribution in [3.63, 3.8) is 0 Å². The molecule has 162 valence electrons. The predicted molar refractivity (Wildman–Crippen MR) is 117 cm³/mol. The molecule has 6 heteroatoms. The average Bonchev–Trinajstić information content (AvgIpc) is 3.30. The van der Waals surface area contributed by atoms with Gasteiger partial charge in [0.2, 0.25) is 0 Å². The highest BCUT2D eigenvalue weighted by Crippen LogP contribution is 2.41. The van der Waals surface area contributed by atoms with Gasteiger partial charge in [-0.2, -0.15) is 5.10 Å². The fourth-order valence-electron chi connectivity index (χ4n) is 5.76. The van der Waals surface area contributed by atoms with Gasteiger partial charge in [-0.15, -0.1) is 5.10 Å². The van der Waals surface area contributed by atoms with Crippen LogP contribution in [-0.2, 0) is 5.54 Å². The van der Waals surface area contributed by atoms with E-state index < -0.39 is 0 Å². The highest BCUT2D eigenvalue weighted by atomic mass is 15.6. The molecule has 0 radical (unpaired) electrons. The van der Waals surface area contributed by atoms with Crippen molar-refractivity contribution in [2.75, 3.05) is 0 Å². The van der Waals surface area contributed by atoms with Crippen molar-refractivity contribution < 1.29 is 0 Å². The van der Waals surface area contributed by atoms with E-state index in [0.717, 1.165) is 43.3 Å². The maximum atomic E-state index is 5.00. The van der Waals surface area contributed by atoms with E-state index in [-0.39, 0.29) is 5.54 Å². The summed E-state index contributed by atoms with van der Waals surface area (Å²) in [5.41, 5.74) is 4.85. The molecule has 0 aromatic carbocycles. The van der Waals surface area contributed by atoms with Crippen LogP contribution in [0, 0.1) is 11.8 Å². The summed E-state index contributed by atoms with van der Waals surface area (Å²) in [6.07, 6.45) is 18.5. The first kappa shape index (κ1) is 20.8. The van der Waals surface area contributed by atoms with Gasteiger partial charge < -0.3 is 0 Å². The second kappa shape index (κ2) is 9.57. The Balaban J connectivity index is 1.55.